The highest BCUT2D eigenvalue weighted by molar-refractivity contribution is 6.42. The molecule has 0 spiro atoms. The lowest BCUT2D eigenvalue weighted by molar-refractivity contribution is -0.129. The number of nitrogens with one attached hydrogen (secondary N) is 2. The van der Waals surface area contributed by atoms with Gasteiger partial charge in [-0.1, -0.05) is 29.3 Å². The van der Waals surface area contributed by atoms with Crippen molar-refractivity contribution < 1.29 is 9.59 Å². The molecule has 1 saturated carbocycles. The van der Waals surface area contributed by atoms with E-state index in [2.05, 4.69) is 10.6 Å². The van der Waals surface area contributed by atoms with Crippen LogP contribution in [-0.4, -0.2) is 24.4 Å². The topological polar surface area (TPSA) is 58.2 Å². The van der Waals surface area contributed by atoms with Crippen LogP contribution in [-0.2, 0) is 9.59 Å². The fourth-order valence-electron chi connectivity index (χ4n) is 2.95. The number of rotatable bonds is 3. The fraction of sp³-hybridized carbons (Fsp3) is 0.500. The van der Waals surface area contributed by atoms with Gasteiger partial charge in [-0.3, -0.25) is 9.59 Å². The quantitative estimate of drug-likeness (QED) is 0.888. The average Bonchev–Trinajstić information content (AvgIpc) is 3.29. The minimum atomic E-state index is -0.398. The zero-order valence-electron chi connectivity index (χ0n) is 12.1. The first-order chi connectivity index (χ1) is 10.6. The molecule has 4 nitrogen and oxygen atoms in total. The Kier molecular flexibility index (Phi) is 4.59. The van der Waals surface area contributed by atoms with Gasteiger partial charge in [-0.15, -0.1) is 0 Å². The lowest BCUT2D eigenvalue weighted by Gasteiger charge is -2.15. The number of amides is 2. The Morgan fingerprint density at radius 1 is 1.23 bits per heavy atom. The summed E-state index contributed by atoms with van der Waals surface area (Å²) >= 11 is 11.9. The SMILES string of the molecule is O=C1NCCCC[C@@H]1NC(=O)[C@@H]1C[C@@H]1c1ccc(Cl)c(Cl)c1. The molecule has 0 bridgehead atoms. The van der Waals surface area contributed by atoms with Crippen LogP contribution in [0.1, 0.15) is 37.2 Å². The van der Waals surface area contributed by atoms with Gasteiger partial charge in [0, 0.05) is 12.5 Å². The molecule has 0 aromatic heterocycles. The standard InChI is InChI=1S/C16H18Cl2N2O2/c17-12-5-4-9(7-13(12)18)10-8-11(10)15(21)20-14-3-1-2-6-19-16(14)22/h4-5,7,10-11,14H,1-3,6,8H2,(H,19,22)(H,20,21)/t10-,11-,14+/m1/s1. The maximum absolute atomic E-state index is 12.3. The summed E-state index contributed by atoms with van der Waals surface area (Å²) in [5.74, 6) is -0.0207. The summed E-state index contributed by atoms with van der Waals surface area (Å²) in [6, 6.07) is 5.08. The van der Waals surface area contributed by atoms with E-state index < -0.39 is 6.04 Å². The molecule has 118 valence electrons. The van der Waals surface area contributed by atoms with Gasteiger partial charge in [-0.25, -0.2) is 0 Å². The number of halogens is 2. The number of benzene rings is 1. The van der Waals surface area contributed by atoms with Gasteiger partial charge in [0.1, 0.15) is 6.04 Å². The molecule has 1 aromatic carbocycles. The highest BCUT2D eigenvalue weighted by Crippen LogP contribution is 2.48. The molecule has 1 aliphatic carbocycles. The molecule has 2 amide bonds. The minimum absolute atomic E-state index is 0.0434. The zero-order chi connectivity index (χ0) is 15.7. The Bertz CT molecular complexity index is 606. The largest absolute Gasteiger partial charge is 0.354 e. The summed E-state index contributed by atoms with van der Waals surface area (Å²) < 4.78 is 0. The Labute approximate surface area is 139 Å². The first-order valence-corrected chi connectivity index (χ1v) is 8.35. The van der Waals surface area contributed by atoms with E-state index in [1.165, 1.54) is 0 Å². The second-order valence-corrected chi connectivity index (χ2v) is 6.78. The molecule has 0 unspecified atom stereocenters. The fourth-order valence-corrected chi connectivity index (χ4v) is 3.26. The number of carbonyl (C=O) groups is 2. The molecule has 3 atom stereocenters. The monoisotopic (exact) mass is 340 g/mol. The van der Waals surface area contributed by atoms with Crippen LogP contribution in [0.3, 0.4) is 0 Å². The predicted octanol–water partition coefficient (Wildman–Crippen LogP) is 2.88. The Morgan fingerprint density at radius 2 is 2.05 bits per heavy atom. The highest BCUT2D eigenvalue weighted by atomic mass is 35.5. The molecule has 1 aromatic rings. The predicted molar refractivity (Wildman–Crippen MR) is 86.1 cm³/mol. The van der Waals surface area contributed by atoms with Gasteiger partial charge in [-0.2, -0.15) is 0 Å². The van der Waals surface area contributed by atoms with E-state index in [0.29, 0.717) is 23.0 Å². The second-order valence-electron chi connectivity index (χ2n) is 5.97. The van der Waals surface area contributed by atoms with Crippen molar-refractivity contribution in [3.05, 3.63) is 33.8 Å². The molecule has 3 rings (SSSR count). The molecule has 6 heteroatoms. The summed E-state index contributed by atoms with van der Waals surface area (Å²) in [6.45, 7) is 0.695. The van der Waals surface area contributed by atoms with Crippen LogP contribution in [0.25, 0.3) is 0 Å². The number of carbonyl (C=O) groups excluding carboxylic acids is 2. The second kappa shape index (κ2) is 6.47. The van der Waals surface area contributed by atoms with Crippen molar-refractivity contribution in [2.75, 3.05) is 6.54 Å². The zero-order valence-corrected chi connectivity index (χ0v) is 13.6. The average molecular weight is 341 g/mol. The summed E-state index contributed by atoms with van der Waals surface area (Å²) in [7, 11) is 0. The Balaban J connectivity index is 1.60. The van der Waals surface area contributed by atoms with Crippen LogP contribution in [0, 0.1) is 5.92 Å². The van der Waals surface area contributed by atoms with Crippen molar-refractivity contribution >= 4 is 35.0 Å². The first-order valence-electron chi connectivity index (χ1n) is 7.59. The Hall–Kier alpha value is -1.26. The maximum atomic E-state index is 12.3. The van der Waals surface area contributed by atoms with E-state index in [1.807, 2.05) is 12.1 Å². The van der Waals surface area contributed by atoms with Crippen molar-refractivity contribution in [3.8, 4) is 0 Å². The van der Waals surface area contributed by atoms with Crippen LogP contribution < -0.4 is 10.6 Å². The molecule has 1 aliphatic heterocycles. The van der Waals surface area contributed by atoms with E-state index in [4.69, 9.17) is 23.2 Å². The van der Waals surface area contributed by atoms with Crippen molar-refractivity contribution in [1.29, 1.82) is 0 Å². The normalized spacial score (nSPS) is 27.7. The smallest absolute Gasteiger partial charge is 0.242 e. The van der Waals surface area contributed by atoms with E-state index in [0.717, 1.165) is 24.8 Å². The van der Waals surface area contributed by atoms with E-state index in [1.54, 1.807) is 6.07 Å². The Morgan fingerprint density at radius 3 is 2.82 bits per heavy atom. The van der Waals surface area contributed by atoms with Crippen LogP contribution >= 0.6 is 23.2 Å². The molecule has 1 heterocycles. The summed E-state index contributed by atoms with van der Waals surface area (Å²) in [4.78, 5) is 24.2. The summed E-state index contributed by atoms with van der Waals surface area (Å²) in [5, 5.41) is 6.74. The van der Waals surface area contributed by atoms with Gasteiger partial charge in [0.15, 0.2) is 0 Å². The van der Waals surface area contributed by atoms with Crippen LogP contribution in [0.2, 0.25) is 10.0 Å². The lowest BCUT2D eigenvalue weighted by atomic mass is 10.1. The van der Waals surface area contributed by atoms with Crippen LogP contribution in [0.5, 0.6) is 0 Å². The van der Waals surface area contributed by atoms with Crippen molar-refractivity contribution in [1.82, 2.24) is 10.6 Å². The third kappa shape index (κ3) is 3.39. The number of hydrogen-bond acceptors (Lipinski definition) is 2. The third-order valence-corrected chi connectivity index (χ3v) is 5.09. The minimum Gasteiger partial charge on any atom is -0.354 e. The van der Waals surface area contributed by atoms with E-state index >= 15 is 0 Å². The van der Waals surface area contributed by atoms with Crippen molar-refractivity contribution in [3.63, 3.8) is 0 Å². The molecule has 2 fully saturated rings. The highest BCUT2D eigenvalue weighted by Gasteiger charge is 2.45. The molecule has 0 radical (unpaired) electrons. The summed E-state index contributed by atoms with van der Waals surface area (Å²) in [6.07, 6.45) is 3.41. The first kappa shape index (κ1) is 15.6. The molecular weight excluding hydrogens is 323 g/mol. The molecule has 2 N–H and O–H groups in total. The number of hydrogen-bond donors (Lipinski definition) is 2. The van der Waals surface area contributed by atoms with Crippen molar-refractivity contribution in [2.45, 2.75) is 37.6 Å². The van der Waals surface area contributed by atoms with Gasteiger partial charge in [0.05, 0.1) is 10.0 Å². The molecular formula is C16H18Cl2N2O2. The van der Waals surface area contributed by atoms with Crippen molar-refractivity contribution in [2.24, 2.45) is 5.92 Å². The molecule has 2 aliphatic rings. The van der Waals surface area contributed by atoms with E-state index in [9.17, 15) is 9.59 Å². The maximum Gasteiger partial charge on any atom is 0.242 e. The van der Waals surface area contributed by atoms with Gasteiger partial charge >= 0.3 is 0 Å². The van der Waals surface area contributed by atoms with Crippen LogP contribution in [0.15, 0.2) is 18.2 Å². The molecule has 1 saturated heterocycles. The van der Waals surface area contributed by atoms with E-state index in [-0.39, 0.29) is 23.7 Å². The summed E-state index contributed by atoms with van der Waals surface area (Å²) in [5.41, 5.74) is 1.03. The van der Waals surface area contributed by atoms with Gasteiger partial charge in [0.25, 0.3) is 0 Å². The lowest BCUT2D eigenvalue weighted by Crippen LogP contribution is -2.46. The molecule has 22 heavy (non-hydrogen) atoms. The van der Waals surface area contributed by atoms with Gasteiger partial charge in [-0.05, 0) is 49.3 Å². The third-order valence-electron chi connectivity index (χ3n) is 4.35. The van der Waals surface area contributed by atoms with Gasteiger partial charge < -0.3 is 10.6 Å². The van der Waals surface area contributed by atoms with Gasteiger partial charge in [0.2, 0.25) is 11.8 Å². The van der Waals surface area contributed by atoms with Crippen LogP contribution in [0.4, 0.5) is 0 Å².